The maximum Gasteiger partial charge on any atom is 0.293 e. The number of ether oxygens (including phenoxy) is 1. The Morgan fingerprint density at radius 2 is 2.04 bits per heavy atom. The third kappa shape index (κ3) is 9.80. The fraction of sp³-hybridized carbons (Fsp3) is 0.571. The number of unbranched alkanes of at least 4 members (excludes halogenated alkanes) is 2. The molecule has 0 saturated carbocycles. The van der Waals surface area contributed by atoms with Crippen molar-refractivity contribution in [3.05, 3.63) is 36.4 Å². The fourth-order valence-electron chi connectivity index (χ4n) is 2.79. The molecule has 2 rings (SSSR count). The molecule has 1 aliphatic rings. The van der Waals surface area contributed by atoms with E-state index in [1.807, 2.05) is 19.1 Å². The number of allylic oxidation sites excluding steroid dienone is 1. The van der Waals surface area contributed by atoms with Gasteiger partial charge in [0, 0.05) is 11.7 Å². The first kappa shape index (κ1) is 23.0. The summed E-state index contributed by atoms with van der Waals surface area (Å²) in [5.74, 6) is 1.09. The molecule has 4 heteroatoms. The summed E-state index contributed by atoms with van der Waals surface area (Å²) in [6.07, 6.45) is 8.07. The Bertz CT molecular complexity index is 488. The topological polar surface area (TPSA) is 58.6 Å². The number of rotatable bonds is 6. The van der Waals surface area contributed by atoms with E-state index >= 15 is 0 Å². The van der Waals surface area contributed by atoms with Crippen LogP contribution >= 0.6 is 0 Å². The maximum absolute atomic E-state index is 9.53. The molecular weight excluding hydrogens is 314 g/mol. The second-order valence-electron chi connectivity index (χ2n) is 6.19. The lowest BCUT2D eigenvalue weighted by molar-refractivity contribution is -0.128. The Hall–Kier alpha value is -1.97. The van der Waals surface area contributed by atoms with E-state index in [1.165, 1.54) is 36.9 Å². The minimum absolute atomic E-state index is 0.382. The van der Waals surface area contributed by atoms with Crippen LogP contribution in [0.5, 0.6) is 5.75 Å². The molecule has 2 atom stereocenters. The molecule has 1 aromatic carbocycles. The molecule has 0 aromatic heterocycles. The third-order valence-corrected chi connectivity index (χ3v) is 4.07. The molecule has 4 nitrogen and oxygen atoms in total. The molecule has 0 aliphatic carbocycles. The van der Waals surface area contributed by atoms with Gasteiger partial charge in [-0.1, -0.05) is 32.3 Å². The molecule has 25 heavy (non-hydrogen) atoms. The number of carbonyl (C=O) groups excluding carboxylic acids is 1. The summed E-state index contributed by atoms with van der Waals surface area (Å²) in [5.41, 5.74) is 2.46. The summed E-state index contributed by atoms with van der Waals surface area (Å²) >= 11 is 0. The summed E-state index contributed by atoms with van der Waals surface area (Å²) in [6, 6.07) is 6.20. The molecular formula is C21H35NO3. The molecule has 2 N–H and O–H groups in total. The largest absolute Gasteiger partial charge is 0.508 e. The van der Waals surface area contributed by atoms with Crippen LogP contribution in [-0.4, -0.2) is 24.2 Å². The van der Waals surface area contributed by atoms with Crippen LogP contribution in [0, 0.1) is 5.92 Å². The van der Waals surface area contributed by atoms with Gasteiger partial charge < -0.3 is 15.2 Å². The van der Waals surface area contributed by atoms with E-state index in [4.69, 9.17) is 0 Å². The van der Waals surface area contributed by atoms with Crippen molar-refractivity contribution in [3.63, 3.8) is 0 Å². The van der Waals surface area contributed by atoms with Crippen molar-refractivity contribution in [2.45, 2.75) is 65.8 Å². The number of hydrogen-bond acceptors (Lipinski definition) is 4. The first-order valence-electron chi connectivity index (χ1n) is 9.24. The second kappa shape index (κ2) is 14.4. The van der Waals surface area contributed by atoms with Crippen LogP contribution in [0.4, 0.5) is 5.69 Å². The first-order chi connectivity index (χ1) is 12.0. The van der Waals surface area contributed by atoms with E-state index in [9.17, 15) is 9.90 Å². The third-order valence-electron chi connectivity index (χ3n) is 4.07. The smallest absolute Gasteiger partial charge is 0.293 e. The zero-order valence-corrected chi connectivity index (χ0v) is 16.3. The van der Waals surface area contributed by atoms with Crippen molar-refractivity contribution in [2.24, 2.45) is 5.92 Å². The van der Waals surface area contributed by atoms with E-state index in [2.05, 4.69) is 30.5 Å². The highest BCUT2D eigenvalue weighted by Gasteiger charge is 2.24. The van der Waals surface area contributed by atoms with E-state index in [1.54, 1.807) is 19.1 Å². The van der Waals surface area contributed by atoms with E-state index in [-0.39, 0.29) is 0 Å². The lowest BCUT2D eigenvalue weighted by Gasteiger charge is -2.32. The van der Waals surface area contributed by atoms with Gasteiger partial charge in [0.05, 0.1) is 6.61 Å². The van der Waals surface area contributed by atoms with Crippen molar-refractivity contribution >= 4 is 12.2 Å². The second-order valence-corrected chi connectivity index (χ2v) is 6.19. The Morgan fingerprint density at radius 1 is 1.36 bits per heavy atom. The van der Waals surface area contributed by atoms with Crippen molar-refractivity contribution < 1.29 is 14.6 Å². The molecule has 1 aliphatic heterocycles. The van der Waals surface area contributed by atoms with Gasteiger partial charge in [0.1, 0.15) is 5.75 Å². The Morgan fingerprint density at radius 3 is 2.56 bits per heavy atom. The van der Waals surface area contributed by atoms with Gasteiger partial charge in [-0.3, -0.25) is 4.79 Å². The van der Waals surface area contributed by atoms with E-state index < -0.39 is 0 Å². The van der Waals surface area contributed by atoms with Gasteiger partial charge in [0.25, 0.3) is 6.47 Å². The van der Waals surface area contributed by atoms with E-state index in [0.29, 0.717) is 30.8 Å². The fourth-order valence-corrected chi connectivity index (χ4v) is 2.79. The van der Waals surface area contributed by atoms with E-state index in [0.717, 1.165) is 6.42 Å². The summed E-state index contributed by atoms with van der Waals surface area (Å²) in [6.45, 7) is 12.4. The van der Waals surface area contributed by atoms with Gasteiger partial charge >= 0.3 is 0 Å². The predicted molar refractivity (Wildman–Crippen MR) is 106 cm³/mol. The van der Waals surface area contributed by atoms with Crippen molar-refractivity contribution in [2.75, 3.05) is 11.9 Å². The number of phenols is 1. The molecule has 0 amide bonds. The van der Waals surface area contributed by atoms with Crippen molar-refractivity contribution in [3.8, 4) is 5.75 Å². The highest BCUT2D eigenvalue weighted by atomic mass is 16.5. The van der Waals surface area contributed by atoms with Crippen LogP contribution < -0.4 is 5.32 Å². The quantitative estimate of drug-likeness (QED) is 0.316. The van der Waals surface area contributed by atoms with Gasteiger partial charge in [-0.05, 0) is 63.3 Å². The molecule has 0 fully saturated rings. The zero-order valence-electron chi connectivity index (χ0n) is 16.3. The van der Waals surface area contributed by atoms with Gasteiger partial charge in [0.15, 0.2) is 0 Å². The highest BCUT2D eigenvalue weighted by molar-refractivity contribution is 5.56. The molecule has 0 radical (unpaired) electrons. The molecule has 0 unspecified atom stereocenters. The SMILES string of the molecule is C=CC.CCCCC[C@@H]1Cc2cc(O)ccc2N[C@@H]1C.CCOC=O. The lowest BCUT2D eigenvalue weighted by Crippen LogP contribution is -2.32. The molecule has 142 valence electrons. The summed E-state index contributed by atoms with van der Waals surface area (Å²) < 4.78 is 4.15. The average molecular weight is 350 g/mol. The van der Waals surface area contributed by atoms with Gasteiger partial charge in [-0.2, -0.15) is 0 Å². The van der Waals surface area contributed by atoms with Crippen LogP contribution in [0.1, 0.15) is 58.9 Å². The Balaban J connectivity index is 0.000000610. The van der Waals surface area contributed by atoms with Crippen LogP contribution in [-0.2, 0) is 16.0 Å². The monoisotopic (exact) mass is 349 g/mol. The Kier molecular flexibility index (Phi) is 13.2. The maximum atomic E-state index is 9.53. The summed E-state index contributed by atoms with van der Waals surface area (Å²) in [4.78, 5) is 9.18. The number of phenolic OH excluding ortho intramolecular Hbond substituents is 1. The minimum Gasteiger partial charge on any atom is -0.508 e. The molecule has 0 spiro atoms. The summed E-state index contributed by atoms with van der Waals surface area (Å²) in [7, 11) is 0. The predicted octanol–water partition coefficient (Wildman–Crippen LogP) is 5.32. The van der Waals surface area contributed by atoms with Crippen LogP contribution in [0.25, 0.3) is 0 Å². The lowest BCUT2D eigenvalue weighted by atomic mass is 9.84. The average Bonchev–Trinajstić information content (AvgIpc) is 2.58. The van der Waals surface area contributed by atoms with Gasteiger partial charge in [-0.25, -0.2) is 0 Å². The molecule has 0 bridgehead atoms. The number of aromatic hydroxyl groups is 1. The van der Waals surface area contributed by atoms with Crippen LogP contribution in [0.2, 0.25) is 0 Å². The number of fused-ring (bicyclic) bond motifs is 1. The molecule has 1 aromatic rings. The van der Waals surface area contributed by atoms with Crippen LogP contribution in [0.3, 0.4) is 0 Å². The Labute approximate surface area is 153 Å². The van der Waals surface area contributed by atoms with Crippen molar-refractivity contribution in [1.82, 2.24) is 0 Å². The normalized spacial score (nSPS) is 17.4. The van der Waals surface area contributed by atoms with Crippen LogP contribution in [0.15, 0.2) is 30.9 Å². The van der Waals surface area contributed by atoms with Gasteiger partial charge in [0.2, 0.25) is 0 Å². The molecule has 0 saturated heterocycles. The highest BCUT2D eigenvalue weighted by Crippen LogP contribution is 2.33. The zero-order chi connectivity index (χ0) is 19.1. The first-order valence-corrected chi connectivity index (χ1v) is 9.24. The standard InChI is InChI=1S/C15H23NO.C3H6O2.C3H6/c1-3-4-5-6-12-9-13-10-14(17)7-8-15(13)16-11(12)2;1-2-5-3-4;1-3-2/h7-8,10-12,16-17H,3-6,9H2,1-2H3;3H,2H2,1H3;3H,1H2,2H3/t11-,12-;;/m1../s1. The number of nitrogens with one attached hydrogen (secondary N) is 1. The molecule has 1 heterocycles. The number of carbonyl (C=O) groups is 1. The number of benzene rings is 1. The van der Waals surface area contributed by atoms with Crippen molar-refractivity contribution in [1.29, 1.82) is 0 Å². The van der Waals surface area contributed by atoms with Gasteiger partial charge in [-0.15, -0.1) is 6.58 Å². The minimum atomic E-state index is 0.382. The summed E-state index contributed by atoms with van der Waals surface area (Å²) in [5, 5.41) is 13.1. The number of hydrogen-bond donors (Lipinski definition) is 2. The number of anilines is 1.